The summed E-state index contributed by atoms with van der Waals surface area (Å²) >= 11 is 0. The highest BCUT2D eigenvalue weighted by Crippen LogP contribution is 1.97. The van der Waals surface area contributed by atoms with Crippen LogP contribution in [0.4, 0.5) is 0 Å². The Hall–Kier alpha value is -1.12. The Bertz CT molecular complexity index is 173. The fourth-order valence-corrected chi connectivity index (χ4v) is 0.689. The highest BCUT2D eigenvalue weighted by molar-refractivity contribution is 5.88. The van der Waals surface area contributed by atoms with Crippen molar-refractivity contribution in [2.75, 3.05) is 6.61 Å². The number of unbranched alkanes of at least 4 members (excludes halogenated alkanes) is 1. The predicted octanol–water partition coefficient (Wildman–Crippen LogP) is 1.29. The van der Waals surface area contributed by atoms with Crippen molar-refractivity contribution >= 4 is 11.8 Å². The Labute approximate surface area is 72.4 Å². The van der Waals surface area contributed by atoms with Gasteiger partial charge in [0.2, 0.25) is 0 Å². The lowest BCUT2D eigenvalue weighted by Gasteiger charge is -1.99. The van der Waals surface area contributed by atoms with Gasteiger partial charge >= 0.3 is 5.97 Å². The molecule has 0 amide bonds. The second-order valence-electron chi connectivity index (χ2n) is 2.35. The second-order valence-corrected chi connectivity index (χ2v) is 2.35. The van der Waals surface area contributed by atoms with E-state index in [-0.39, 0.29) is 5.78 Å². The van der Waals surface area contributed by atoms with Gasteiger partial charge in [0.25, 0.3) is 0 Å². The van der Waals surface area contributed by atoms with E-state index < -0.39 is 5.97 Å². The Kier molecular flexibility index (Phi) is 5.97. The zero-order chi connectivity index (χ0) is 9.40. The first-order valence-electron chi connectivity index (χ1n) is 3.81. The maximum Gasteiger partial charge on any atom is 0.306 e. The number of allylic oxidation sites excluding steroid dienone is 1. The van der Waals surface area contributed by atoms with E-state index >= 15 is 0 Å². The van der Waals surface area contributed by atoms with Crippen molar-refractivity contribution < 1.29 is 14.3 Å². The average molecular weight is 169 g/mol. The van der Waals surface area contributed by atoms with E-state index in [0.717, 1.165) is 6.42 Å². The standard InChI is InChI=1S/C9H13O3/c1-3-9(11)6-4-5-7-12-8(2)10/h3H,1-2,4-7H2. The van der Waals surface area contributed by atoms with Crippen molar-refractivity contribution in [3.05, 3.63) is 19.6 Å². The summed E-state index contributed by atoms with van der Waals surface area (Å²) in [5.74, 6) is -0.499. The van der Waals surface area contributed by atoms with Gasteiger partial charge in [-0.25, -0.2) is 0 Å². The number of ether oxygens (including phenoxy) is 1. The first kappa shape index (κ1) is 10.9. The third kappa shape index (κ3) is 6.99. The van der Waals surface area contributed by atoms with Gasteiger partial charge in [0.15, 0.2) is 5.78 Å². The summed E-state index contributed by atoms with van der Waals surface area (Å²) in [7, 11) is 0. The van der Waals surface area contributed by atoms with E-state index in [0.29, 0.717) is 19.4 Å². The lowest BCUT2D eigenvalue weighted by atomic mass is 10.2. The SMILES string of the molecule is [CH2]C(=O)OCCCCC(=O)C=C. The maximum atomic E-state index is 10.7. The minimum Gasteiger partial charge on any atom is -0.466 e. The van der Waals surface area contributed by atoms with Crippen LogP contribution in [0.2, 0.25) is 0 Å². The summed E-state index contributed by atoms with van der Waals surface area (Å²) in [4.78, 5) is 20.9. The minimum absolute atomic E-state index is 0.0240. The number of rotatable bonds is 6. The van der Waals surface area contributed by atoms with E-state index in [4.69, 9.17) is 0 Å². The molecule has 12 heavy (non-hydrogen) atoms. The van der Waals surface area contributed by atoms with Gasteiger partial charge in [-0.2, -0.15) is 0 Å². The third-order valence-corrected chi connectivity index (χ3v) is 1.31. The van der Waals surface area contributed by atoms with Crippen LogP contribution in [0.1, 0.15) is 19.3 Å². The number of hydrogen-bond acceptors (Lipinski definition) is 3. The largest absolute Gasteiger partial charge is 0.466 e. The Morgan fingerprint density at radius 2 is 2.00 bits per heavy atom. The Morgan fingerprint density at radius 1 is 1.33 bits per heavy atom. The molecule has 0 rings (SSSR count). The first-order chi connectivity index (χ1) is 5.66. The molecular formula is C9H13O3. The van der Waals surface area contributed by atoms with Crippen LogP contribution in [0.25, 0.3) is 0 Å². The van der Waals surface area contributed by atoms with Gasteiger partial charge in [-0.15, -0.1) is 0 Å². The molecule has 0 aromatic rings. The van der Waals surface area contributed by atoms with Crippen LogP contribution >= 0.6 is 0 Å². The summed E-state index contributed by atoms with van der Waals surface area (Å²) in [5, 5.41) is 0. The van der Waals surface area contributed by atoms with E-state index in [1.54, 1.807) is 0 Å². The maximum absolute atomic E-state index is 10.7. The van der Waals surface area contributed by atoms with Crippen molar-refractivity contribution in [1.82, 2.24) is 0 Å². The molecule has 0 bridgehead atoms. The van der Waals surface area contributed by atoms with Gasteiger partial charge in [-0.3, -0.25) is 9.59 Å². The van der Waals surface area contributed by atoms with Gasteiger partial charge in [0.05, 0.1) is 13.5 Å². The van der Waals surface area contributed by atoms with Crippen LogP contribution in [0.15, 0.2) is 12.7 Å². The summed E-state index contributed by atoms with van der Waals surface area (Å²) < 4.78 is 4.57. The van der Waals surface area contributed by atoms with Crippen LogP contribution in [0.5, 0.6) is 0 Å². The molecular weight excluding hydrogens is 156 g/mol. The molecule has 0 atom stereocenters. The van der Waals surface area contributed by atoms with Gasteiger partial charge in [-0.05, 0) is 18.9 Å². The van der Waals surface area contributed by atoms with Gasteiger partial charge < -0.3 is 4.74 Å². The average Bonchev–Trinajstić information content (AvgIpc) is 2.03. The van der Waals surface area contributed by atoms with Crippen molar-refractivity contribution in [2.24, 2.45) is 0 Å². The van der Waals surface area contributed by atoms with E-state index in [1.807, 2.05) is 0 Å². The number of carbonyl (C=O) groups is 2. The van der Waals surface area contributed by atoms with Crippen molar-refractivity contribution in [3.63, 3.8) is 0 Å². The molecule has 0 aromatic heterocycles. The lowest BCUT2D eigenvalue weighted by molar-refractivity contribution is -0.138. The monoisotopic (exact) mass is 169 g/mol. The summed E-state index contributed by atoms with van der Waals surface area (Å²) in [6.07, 6.45) is 3.19. The number of hydrogen-bond donors (Lipinski definition) is 0. The molecule has 0 saturated heterocycles. The molecule has 0 saturated carbocycles. The smallest absolute Gasteiger partial charge is 0.306 e. The summed E-state index contributed by atoms with van der Waals surface area (Å²) in [5.41, 5.74) is 0. The molecule has 3 nitrogen and oxygen atoms in total. The molecule has 0 unspecified atom stereocenters. The summed E-state index contributed by atoms with van der Waals surface area (Å²) in [6.45, 7) is 6.73. The van der Waals surface area contributed by atoms with Gasteiger partial charge in [0.1, 0.15) is 0 Å². The zero-order valence-electron chi connectivity index (χ0n) is 7.04. The molecule has 0 spiro atoms. The Balaban J connectivity index is 3.16. The van der Waals surface area contributed by atoms with Crippen LogP contribution in [0.3, 0.4) is 0 Å². The normalized spacial score (nSPS) is 9.08. The number of ketones is 1. The minimum atomic E-state index is -0.523. The quantitative estimate of drug-likeness (QED) is 0.342. The van der Waals surface area contributed by atoms with Crippen LogP contribution < -0.4 is 0 Å². The number of esters is 1. The number of carbonyl (C=O) groups excluding carboxylic acids is 2. The molecule has 0 aliphatic carbocycles. The molecule has 0 aliphatic heterocycles. The second kappa shape index (κ2) is 6.58. The highest BCUT2D eigenvalue weighted by atomic mass is 16.5. The van der Waals surface area contributed by atoms with Crippen LogP contribution in [0, 0.1) is 6.92 Å². The first-order valence-corrected chi connectivity index (χ1v) is 3.81. The van der Waals surface area contributed by atoms with E-state index in [1.165, 1.54) is 6.08 Å². The Morgan fingerprint density at radius 3 is 2.50 bits per heavy atom. The molecule has 3 heteroatoms. The van der Waals surface area contributed by atoms with Crippen molar-refractivity contribution in [2.45, 2.75) is 19.3 Å². The molecule has 67 valence electrons. The molecule has 0 aliphatic rings. The topological polar surface area (TPSA) is 43.4 Å². The van der Waals surface area contributed by atoms with Crippen LogP contribution in [-0.4, -0.2) is 18.4 Å². The van der Waals surface area contributed by atoms with E-state index in [9.17, 15) is 9.59 Å². The molecule has 0 heterocycles. The lowest BCUT2D eigenvalue weighted by Crippen LogP contribution is -2.01. The van der Waals surface area contributed by atoms with Gasteiger partial charge in [-0.1, -0.05) is 6.58 Å². The fourth-order valence-electron chi connectivity index (χ4n) is 0.689. The molecule has 1 radical (unpaired) electrons. The van der Waals surface area contributed by atoms with Crippen molar-refractivity contribution in [1.29, 1.82) is 0 Å². The van der Waals surface area contributed by atoms with Crippen molar-refractivity contribution in [3.8, 4) is 0 Å². The molecule has 0 N–H and O–H groups in total. The molecule has 0 fully saturated rings. The predicted molar refractivity (Wildman–Crippen MR) is 45.4 cm³/mol. The zero-order valence-corrected chi connectivity index (χ0v) is 7.04. The van der Waals surface area contributed by atoms with E-state index in [2.05, 4.69) is 18.2 Å². The molecule has 0 aromatic carbocycles. The van der Waals surface area contributed by atoms with Gasteiger partial charge in [0, 0.05) is 6.42 Å². The highest BCUT2D eigenvalue weighted by Gasteiger charge is 1.96. The summed E-state index contributed by atoms with van der Waals surface area (Å²) in [6, 6.07) is 0. The third-order valence-electron chi connectivity index (χ3n) is 1.31. The fraction of sp³-hybridized carbons (Fsp3) is 0.444. The van der Waals surface area contributed by atoms with Crippen LogP contribution in [-0.2, 0) is 14.3 Å².